The summed E-state index contributed by atoms with van der Waals surface area (Å²) in [7, 11) is 0. The van der Waals surface area contributed by atoms with Gasteiger partial charge in [-0.25, -0.2) is 9.07 Å². The van der Waals surface area contributed by atoms with E-state index in [1.807, 2.05) is 11.6 Å². The van der Waals surface area contributed by atoms with E-state index in [1.54, 1.807) is 12.1 Å². The van der Waals surface area contributed by atoms with Crippen molar-refractivity contribution in [3.8, 4) is 0 Å². The van der Waals surface area contributed by atoms with Gasteiger partial charge in [-0.2, -0.15) is 5.10 Å². The second kappa shape index (κ2) is 8.11. The minimum atomic E-state index is -0.289. The number of fused-ring (bicyclic) bond motifs is 1. The molecule has 0 bridgehead atoms. The number of halogens is 1. The highest BCUT2D eigenvalue weighted by Crippen LogP contribution is 2.17. The normalized spacial score (nSPS) is 16.2. The summed E-state index contributed by atoms with van der Waals surface area (Å²) in [5.41, 5.74) is 1.84. The van der Waals surface area contributed by atoms with Crippen molar-refractivity contribution in [2.75, 3.05) is 31.5 Å². The Hall–Kier alpha value is -2.41. The summed E-state index contributed by atoms with van der Waals surface area (Å²) in [5, 5.41) is 14.1. The van der Waals surface area contributed by atoms with Crippen molar-refractivity contribution in [1.29, 1.82) is 0 Å². The first-order valence-corrected chi connectivity index (χ1v) is 8.60. The molecule has 2 aromatic rings. The molecule has 2 heterocycles. The minimum absolute atomic E-state index is 0.0515. The Morgan fingerprint density at radius 2 is 2.16 bits per heavy atom. The second-order valence-electron chi connectivity index (χ2n) is 6.46. The third kappa shape index (κ3) is 5.03. The van der Waals surface area contributed by atoms with Crippen LogP contribution in [0, 0.1) is 18.7 Å². The smallest absolute Gasteiger partial charge is 0.224 e. The van der Waals surface area contributed by atoms with Crippen LogP contribution in [0.2, 0.25) is 0 Å². The fourth-order valence-corrected chi connectivity index (χ4v) is 2.97. The zero-order valence-corrected chi connectivity index (χ0v) is 14.4. The molecule has 0 fully saturated rings. The van der Waals surface area contributed by atoms with Crippen LogP contribution >= 0.6 is 0 Å². The van der Waals surface area contributed by atoms with E-state index in [0.29, 0.717) is 12.5 Å². The molecule has 134 valence electrons. The molecule has 3 rings (SSSR count). The van der Waals surface area contributed by atoms with E-state index < -0.39 is 0 Å². The molecule has 0 radical (unpaired) electrons. The number of rotatable bonds is 7. The molecule has 0 spiro atoms. The summed E-state index contributed by atoms with van der Waals surface area (Å²) in [6.45, 7) is 5.99. The van der Waals surface area contributed by atoms with Gasteiger partial charge in [0.1, 0.15) is 11.6 Å². The highest BCUT2D eigenvalue weighted by molar-refractivity contribution is 5.78. The summed E-state index contributed by atoms with van der Waals surface area (Å²) < 4.78 is 14.8. The van der Waals surface area contributed by atoms with E-state index in [1.165, 1.54) is 12.1 Å². The molecule has 0 saturated carbocycles. The van der Waals surface area contributed by atoms with Crippen LogP contribution in [-0.4, -0.2) is 41.9 Å². The van der Waals surface area contributed by atoms with Gasteiger partial charge in [0.15, 0.2) is 0 Å². The standard InChI is InChI=1S/C18H24FN5O/c1-13-8-17-22-11-15(12-24(17)23-13)10-20-6-7-21-18(25)9-14-2-4-16(19)5-3-14/h2-5,8,15,20,22H,6-7,9-12H2,1H3,(H,21,25)/t15-/m0/s1. The average molecular weight is 345 g/mol. The van der Waals surface area contributed by atoms with Crippen molar-refractivity contribution in [1.82, 2.24) is 20.4 Å². The second-order valence-corrected chi connectivity index (χ2v) is 6.46. The summed E-state index contributed by atoms with van der Waals surface area (Å²) >= 11 is 0. The van der Waals surface area contributed by atoms with Crippen LogP contribution in [0.25, 0.3) is 0 Å². The number of hydrogen-bond acceptors (Lipinski definition) is 4. The fraction of sp³-hybridized carbons (Fsp3) is 0.444. The number of benzene rings is 1. The number of aromatic nitrogens is 2. The molecule has 1 aromatic heterocycles. The van der Waals surface area contributed by atoms with E-state index in [2.05, 4.69) is 27.1 Å². The number of nitrogens with one attached hydrogen (secondary N) is 3. The lowest BCUT2D eigenvalue weighted by atomic mass is 10.1. The van der Waals surface area contributed by atoms with Crippen LogP contribution < -0.4 is 16.0 Å². The molecule has 7 heteroatoms. The Morgan fingerprint density at radius 3 is 2.96 bits per heavy atom. The predicted octanol–water partition coefficient (Wildman–Crippen LogP) is 1.32. The highest BCUT2D eigenvalue weighted by Gasteiger charge is 2.18. The summed E-state index contributed by atoms with van der Waals surface area (Å²) in [4.78, 5) is 11.8. The highest BCUT2D eigenvalue weighted by atomic mass is 19.1. The first-order valence-electron chi connectivity index (χ1n) is 8.60. The van der Waals surface area contributed by atoms with E-state index in [9.17, 15) is 9.18 Å². The molecular formula is C18H24FN5O. The van der Waals surface area contributed by atoms with E-state index in [4.69, 9.17) is 0 Å². The number of nitrogens with zero attached hydrogens (tertiary/aromatic N) is 2. The van der Waals surface area contributed by atoms with Gasteiger partial charge in [-0.05, 0) is 24.6 Å². The summed E-state index contributed by atoms with van der Waals surface area (Å²) in [6.07, 6.45) is 0.272. The lowest BCUT2D eigenvalue weighted by Crippen LogP contribution is -2.38. The number of carbonyl (C=O) groups is 1. The predicted molar refractivity (Wildman–Crippen MR) is 94.9 cm³/mol. The van der Waals surface area contributed by atoms with Gasteiger partial charge >= 0.3 is 0 Å². The molecule has 1 aromatic carbocycles. The van der Waals surface area contributed by atoms with Gasteiger partial charge in [0.25, 0.3) is 0 Å². The molecule has 0 unspecified atom stereocenters. The minimum Gasteiger partial charge on any atom is -0.370 e. The fourth-order valence-electron chi connectivity index (χ4n) is 2.97. The Morgan fingerprint density at radius 1 is 1.36 bits per heavy atom. The number of aryl methyl sites for hydroxylation is 1. The molecule has 1 atom stereocenters. The van der Waals surface area contributed by atoms with Gasteiger partial charge in [0.05, 0.1) is 12.1 Å². The summed E-state index contributed by atoms with van der Waals surface area (Å²) in [6, 6.07) is 8.06. The Balaban J connectivity index is 1.30. The largest absolute Gasteiger partial charge is 0.370 e. The molecule has 6 nitrogen and oxygen atoms in total. The molecule has 0 aliphatic carbocycles. The first-order chi connectivity index (χ1) is 12.1. The third-order valence-corrected chi connectivity index (χ3v) is 4.24. The zero-order valence-electron chi connectivity index (χ0n) is 14.4. The number of hydrogen-bond donors (Lipinski definition) is 3. The van der Waals surface area contributed by atoms with Crippen LogP contribution in [0.1, 0.15) is 11.3 Å². The van der Waals surface area contributed by atoms with Crippen LogP contribution in [0.3, 0.4) is 0 Å². The zero-order chi connectivity index (χ0) is 17.6. The average Bonchev–Trinajstić information content (AvgIpc) is 2.96. The molecular weight excluding hydrogens is 321 g/mol. The SMILES string of the molecule is Cc1cc2n(n1)C[C@@H](CNCCNC(=O)Cc1ccc(F)cc1)CN2. The van der Waals surface area contributed by atoms with Gasteiger partial charge in [-0.3, -0.25) is 4.79 Å². The van der Waals surface area contributed by atoms with Gasteiger partial charge in [0.2, 0.25) is 5.91 Å². The van der Waals surface area contributed by atoms with E-state index in [0.717, 1.165) is 43.3 Å². The number of anilines is 1. The van der Waals surface area contributed by atoms with Crippen LogP contribution in [0.5, 0.6) is 0 Å². The molecule has 1 amide bonds. The van der Waals surface area contributed by atoms with Crippen molar-refractivity contribution in [3.63, 3.8) is 0 Å². The quantitative estimate of drug-likeness (QED) is 0.662. The maximum Gasteiger partial charge on any atom is 0.224 e. The van der Waals surface area contributed by atoms with Gasteiger partial charge in [0, 0.05) is 44.7 Å². The topological polar surface area (TPSA) is 71.0 Å². The maximum atomic E-state index is 12.8. The Bertz CT molecular complexity index is 713. The van der Waals surface area contributed by atoms with Crippen LogP contribution in [0.15, 0.2) is 30.3 Å². The van der Waals surface area contributed by atoms with Crippen molar-refractivity contribution >= 4 is 11.7 Å². The monoisotopic (exact) mass is 345 g/mol. The van der Waals surface area contributed by atoms with Crippen LogP contribution in [0.4, 0.5) is 10.2 Å². The number of amides is 1. The van der Waals surface area contributed by atoms with Gasteiger partial charge < -0.3 is 16.0 Å². The Kier molecular flexibility index (Phi) is 5.65. The van der Waals surface area contributed by atoms with Gasteiger partial charge in [-0.1, -0.05) is 12.1 Å². The van der Waals surface area contributed by atoms with Crippen molar-refractivity contribution in [2.24, 2.45) is 5.92 Å². The molecule has 25 heavy (non-hydrogen) atoms. The van der Waals surface area contributed by atoms with E-state index in [-0.39, 0.29) is 18.1 Å². The van der Waals surface area contributed by atoms with Crippen LogP contribution in [-0.2, 0) is 17.8 Å². The third-order valence-electron chi connectivity index (χ3n) is 4.24. The molecule has 1 aliphatic heterocycles. The van der Waals surface area contributed by atoms with Gasteiger partial charge in [-0.15, -0.1) is 0 Å². The van der Waals surface area contributed by atoms with Crippen molar-refractivity contribution in [2.45, 2.75) is 19.9 Å². The first kappa shape index (κ1) is 17.4. The Labute approximate surface area is 146 Å². The maximum absolute atomic E-state index is 12.8. The van der Waals surface area contributed by atoms with E-state index >= 15 is 0 Å². The van der Waals surface area contributed by atoms with Crippen molar-refractivity contribution in [3.05, 3.63) is 47.4 Å². The molecule has 0 saturated heterocycles. The molecule has 3 N–H and O–H groups in total. The lowest BCUT2D eigenvalue weighted by Gasteiger charge is -2.25. The molecule has 1 aliphatic rings. The van der Waals surface area contributed by atoms with Crippen molar-refractivity contribution < 1.29 is 9.18 Å². The number of carbonyl (C=O) groups excluding carboxylic acids is 1. The lowest BCUT2D eigenvalue weighted by molar-refractivity contribution is -0.120. The summed E-state index contributed by atoms with van der Waals surface area (Å²) in [5.74, 6) is 1.22.